The molecule has 2 fully saturated rings. The summed E-state index contributed by atoms with van der Waals surface area (Å²) in [6.07, 6.45) is 0. The molecule has 0 bridgehead atoms. The number of hydrogen-bond donors (Lipinski definition) is 0. The largest absolute Gasteiger partial charge is 0.494 e. The van der Waals surface area contributed by atoms with Gasteiger partial charge in [0.1, 0.15) is 5.75 Å². The molecule has 2 aromatic carbocycles. The van der Waals surface area contributed by atoms with Crippen LogP contribution >= 0.6 is 0 Å². The first-order chi connectivity index (χ1) is 13.4. The number of benzene rings is 2. The van der Waals surface area contributed by atoms with Gasteiger partial charge in [-0.25, -0.2) is 13.2 Å². The molecule has 0 aliphatic carbocycles. The van der Waals surface area contributed by atoms with Crippen LogP contribution in [0.1, 0.15) is 18.1 Å². The van der Waals surface area contributed by atoms with E-state index in [4.69, 9.17) is 4.74 Å². The molecule has 4 rings (SSSR count). The van der Waals surface area contributed by atoms with Crippen LogP contribution in [0.5, 0.6) is 5.75 Å². The number of amides is 2. The van der Waals surface area contributed by atoms with Crippen LogP contribution in [-0.4, -0.2) is 49.5 Å². The van der Waals surface area contributed by atoms with Crippen LogP contribution in [0, 0.1) is 6.92 Å². The number of sulfone groups is 1. The summed E-state index contributed by atoms with van der Waals surface area (Å²) in [5, 5.41) is 0. The van der Waals surface area contributed by atoms with Crippen molar-refractivity contribution >= 4 is 21.6 Å². The minimum atomic E-state index is -3.18. The molecule has 28 heavy (non-hydrogen) atoms. The quantitative estimate of drug-likeness (QED) is 0.724. The maximum atomic E-state index is 13.2. The van der Waals surface area contributed by atoms with Gasteiger partial charge in [-0.2, -0.15) is 0 Å². The Bertz CT molecular complexity index is 970. The van der Waals surface area contributed by atoms with Crippen molar-refractivity contribution in [2.24, 2.45) is 0 Å². The third-order valence-electron chi connectivity index (χ3n) is 5.38. The van der Waals surface area contributed by atoms with Crippen LogP contribution in [0.2, 0.25) is 0 Å². The van der Waals surface area contributed by atoms with Gasteiger partial charge < -0.3 is 9.64 Å². The maximum absolute atomic E-state index is 13.2. The van der Waals surface area contributed by atoms with E-state index in [0.29, 0.717) is 18.8 Å². The van der Waals surface area contributed by atoms with Gasteiger partial charge in [0.2, 0.25) is 0 Å². The smallest absolute Gasteiger partial charge is 0.325 e. The Morgan fingerprint density at radius 2 is 1.64 bits per heavy atom. The van der Waals surface area contributed by atoms with Gasteiger partial charge in [-0.15, -0.1) is 0 Å². The Labute approximate surface area is 165 Å². The molecule has 0 saturated carbocycles. The Morgan fingerprint density at radius 1 is 1.00 bits per heavy atom. The number of hydrogen-bond acceptors (Lipinski definition) is 4. The number of carbonyl (C=O) groups excluding carboxylic acids is 1. The number of urea groups is 1. The minimum Gasteiger partial charge on any atom is -0.494 e. The summed E-state index contributed by atoms with van der Waals surface area (Å²) in [6, 6.07) is 14.4. The number of rotatable bonds is 5. The first-order valence-corrected chi connectivity index (χ1v) is 11.3. The molecule has 2 amide bonds. The SMILES string of the molecule is CCOc1ccc(N2C(=O)N(Cc3ccc(C)cc3)[C@H]3CS(=O)(=O)C[C@@H]32)cc1. The van der Waals surface area contributed by atoms with Crippen molar-refractivity contribution in [3.63, 3.8) is 0 Å². The lowest BCUT2D eigenvalue weighted by Crippen LogP contribution is -2.37. The zero-order chi connectivity index (χ0) is 19.9. The fourth-order valence-electron chi connectivity index (χ4n) is 4.02. The second-order valence-electron chi connectivity index (χ2n) is 7.40. The van der Waals surface area contributed by atoms with Gasteiger partial charge in [0.05, 0.1) is 30.2 Å². The van der Waals surface area contributed by atoms with Crippen molar-refractivity contribution in [3.8, 4) is 5.75 Å². The van der Waals surface area contributed by atoms with E-state index in [1.165, 1.54) is 0 Å². The average molecular weight is 401 g/mol. The number of anilines is 1. The molecule has 0 aromatic heterocycles. The predicted molar refractivity (Wildman–Crippen MR) is 108 cm³/mol. The highest BCUT2D eigenvalue weighted by Crippen LogP contribution is 2.36. The van der Waals surface area contributed by atoms with Crippen molar-refractivity contribution in [1.29, 1.82) is 0 Å². The number of ether oxygens (including phenoxy) is 1. The number of nitrogens with zero attached hydrogens (tertiary/aromatic N) is 2. The van der Waals surface area contributed by atoms with Crippen molar-refractivity contribution in [3.05, 3.63) is 59.7 Å². The van der Waals surface area contributed by atoms with Gasteiger partial charge in [-0.3, -0.25) is 4.90 Å². The van der Waals surface area contributed by atoms with E-state index < -0.39 is 9.84 Å². The molecule has 2 heterocycles. The van der Waals surface area contributed by atoms with E-state index in [1.807, 2.05) is 62.4 Å². The fraction of sp³-hybridized carbons (Fsp3) is 0.381. The molecule has 0 spiro atoms. The first-order valence-electron chi connectivity index (χ1n) is 9.46. The van der Waals surface area contributed by atoms with Gasteiger partial charge in [0.15, 0.2) is 9.84 Å². The Morgan fingerprint density at radius 3 is 2.29 bits per heavy atom. The second-order valence-corrected chi connectivity index (χ2v) is 9.56. The van der Waals surface area contributed by atoms with Gasteiger partial charge >= 0.3 is 6.03 Å². The third-order valence-corrected chi connectivity index (χ3v) is 7.08. The topological polar surface area (TPSA) is 66.9 Å². The zero-order valence-electron chi connectivity index (χ0n) is 16.0. The van der Waals surface area contributed by atoms with E-state index >= 15 is 0 Å². The summed E-state index contributed by atoms with van der Waals surface area (Å²) < 4.78 is 30.1. The van der Waals surface area contributed by atoms with Gasteiger partial charge in [-0.1, -0.05) is 29.8 Å². The van der Waals surface area contributed by atoms with Crippen molar-refractivity contribution in [2.75, 3.05) is 23.0 Å². The van der Waals surface area contributed by atoms with Gasteiger partial charge in [0.25, 0.3) is 0 Å². The normalized spacial score (nSPS) is 23.1. The van der Waals surface area contributed by atoms with Crippen LogP contribution in [0.25, 0.3) is 0 Å². The minimum absolute atomic E-state index is 0.00101. The van der Waals surface area contributed by atoms with Crippen LogP contribution in [0.3, 0.4) is 0 Å². The fourth-order valence-corrected chi connectivity index (χ4v) is 5.97. The lowest BCUT2D eigenvalue weighted by Gasteiger charge is -2.23. The highest BCUT2D eigenvalue weighted by molar-refractivity contribution is 7.91. The number of fused-ring (bicyclic) bond motifs is 1. The number of carbonyl (C=O) groups is 1. The van der Waals surface area contributed by atoms with Crippen LogP contribution in [0.15, 0.2) is 48.5 Å². The standard InChI is InChI=1S/C21H24N2O4S/c1-3-27-18-10-8-17(9-11-18)23-20-14-28(25,26)13-19(20)22(21(23)24)12-16-6-4-15(2)5-7-16/h4-11,19-20H,3,12-14H2,1-2H3/t19-,20-/m0/s1. The van der Waals surface area contributed by atoms with Gasteiger partial charge in [-0.05, 0) is 43.7 Å². The molecule has 6 nitrogen and oxygen atoms in total. The zero-order valence-corrected chi connectivity index (χ0v) is 16.9. The van der Waals surface area contributed by atoms with Gasteiger partial charge in [0, 0.05) is 12.2 Å². The lowest BCUT2D eigenvalue weighted by atomic mass is 10.1. The molecule has 2 saturated heterocycles. The summed E-state index contributed by atoms with van der Waals surface area (Å²) in [6.45, 7) is 4.89. The van der Waals surface area contributed by atoms with E-state index in [-0.39, 0.29) is 29.6 Å². The predicted octanol–water partition coefficient (Wildman–Crippen LogP) is 3.00. The highest BCUT2D eigenvalue weighted by atomic mass is 32.2. The molecule has 0 radical (unpaired) electrons. The number of aryl methyl sites for hydroxylation is 1. The Hall–Kier alpha value is -2.54. The first kappa shape index (κ1) is 18.8. The molecule has 2 aliphatic heterocycles. The summed E-state index contributed by atoms with van der Waals surface area (Å²) in [5.74, 6) is 0.745. The molecule has 7 heteroatoms. The van der Waals surface area contributed by atoms with Crippen LogP contribution in [-0.2, 0) is 16.4 Å². The molecule has 2 aliphatic rings. The third kappa shape index (κ3) is 3.46. The molecule has 148 valence electrons. The summed E-state index contributed by atoms with van der Waals surface area (Å²) in [7, 11) is -3.18. The maximum Gasteiger partial charge on any atom is 0.325 e. The highest BCUT2D eigenvalue weighted by Gasteiger charge is 2.53. The molecular weight excluding hydrogens is 376 g/mol. The van der Waals surface area contributed by atoms with Crippen molar-refractivity contribution in [1.82, 2.24) is 4.90 Å². The molecule has 0 unspecified atom stereocenters. The molecular formula is C21H24N2O4S. The summed E-state index contributed by atoms with van der Waals surface area (Å²) >= 11 is 0. The average Bonchev–Trinajstić information content (AvgIpc) is 3.09. The lowest BCUT2D eigenvalue weighted by molar-refractivity contribution is 0.206. The summed E-state index contributed by atoms with van der Waals surface area (Å²) in [4.78, 5) is 16.6. The van der Waals surface area contributed by atoms with E-state index in [2.05, 4.69) is 0 Å². The molecule has 0 N–H and O–H groups in total. The van der Waals surface area contributed by atoms with Crippen LogP contribution in [0.4, 0.5) is 10.5 Å². The van der Waals surface area contributed by atoms with Crippen molar-refractivity contribution < 1.29 is 17.9 Å². The molecule has 2 atom stereocenters. The van der Waals surface area contributed by atoms with Crippen molar-refractivity contribution in [2.45, 2.75) is 32.5 Å². The molecule has 2 aromatic rings. The summed E-state index contributed by atoms with van der Waals surface area (Å²) in [5.41, 5.74) is 2.84. The van der Waals surface area contributed by atoms with E-state index in [0.717, 1.165) is 16.9 Å². The monoisotopic (exact) mass is 400 g/mol. The Balaban J connectivity index is 1.65. The second kappa shape index (κ2) is 7.13. The Kier molecular flexibility index (Phi) is 4.79. The van der Waals surface area contributed by atoms with E-state index in [1.54, 1.807) is 9.80 Å². The van der Waals surface area contributed by atoms with E-state index in [9.17, 15) is 13.2 Å². The van der Waals surface area contributed by atoms with Crippen LogP contribution < -0.4 is 9.64 Å².